The van der Waals surface area contributed by atoms with Gasteiger partial charge in [-0.1, -0.05) is 6.07 Å². The molecule has 5 nitrogen and oxygen atoms in total. The first-order chi connectivity index (χ1) is 9.17. The molecule has 19 heavy (non-hydrogen) atoms. The van der Waals surface area contributed by atoms with Gasteiger partial charge in [-0.25, -0.2) is 18.7 Å². The topological polar surface area (TPSA) is 59.1 Å². The minimum atomic E-state index is -0.716. The maximum Gasteiger partial charge on any atom is 0.204 e. The SMILES string of the molecule is CNc1ncnc(Nc2c(F)cccc2F)c1OC. The van der Waals surface area contributed by atoms with Gasteiger partial charge in [-0.15, -0.1) is 0 Å². The van der Waals surface area contributed by atoms with Gasteiger partial charge in [0.1, 0.15) is 23.6 Å². The quantitative estimate of drug-likeness (QED) is 0.890. The predicted octanol–water partition coefficient (Wildman–Crippen LogP) is 2.55. The standard InChI is InChI=1S/C12H12F2N4O/c1-15-11-10(19-2)12(17-6-16-11)18-9-7(13)4-3-5-8(9)14/h3-6H,1-2H3,(H2,15,16,17,18). The van der Waals surface area contributed by atoms with Crippen LogP contribution in [-0.4, -0.2) is 24.1 Å². The Morgan fingerprint density at radius 2 is 1.74 bits per heavy atom. The summed E-state index contributed by atoms with van der Waals surface area (Å²) >= 11 is 0. The lowest BCUT2D eigenvalue weighted by Crippen LogP contribution is -2.05. The van der Waals surface area contributed by atoms with Crippen LogP contribution in [0, 0.1) is 11.6 Å². The molecule has 1 aromatic heterocycles. The molecule has 0 unspecified atom stereocenters. The molecule has 2 rings (SSSR count). The molecular weight excluding hydrogens is 254 g/mol. The first-order valence-corrected chi connectivity index (χ1v) is 5.45. The number of benzene rings is 1. The minimum absolute atomic E-state index is 0.172. The van der Waals surface area contributed by atoms with Gasteiger partial charge >= 0.3 is 0 Å². The average Bonchev–Trinajstić information content (AvgIpc) is 2.42. The highest BCUT2D eigenvalue weighted by Gasteiger charge is 2.15. The predicted molar refractivity (Wildman–Crippen MR) is 67.8 cm³/mol. The molecule has 0 atom stereocenters. The fourth-order valence-electron chi connectivity index (χ4n) is 1.57. The van der Waals surface area contributed by atoms with E-state index in [1.54, 1.807) is 7.05 Å². The van der Waals surface area contributed by atoms with Crippen LogP contribution in [0.4, 0.5) is 26.1 Å². The van der Waals surface area contributed by atoms with Crippen LogP contribution in [0.1, 0.15) is 0 Å². The van der Waals surface area contributed by atoms with Crippen molar-refractivity contribution in [1.82, 2.24) is 9.97 Å². The number of ether oxygens (including phenoxy) is 1. The maximum absolute atomic E-state index is 13.6. The highest BCUT2D eigenvalue weighted by Crippen LogP contribution is 2.32. The smallest absolute Gasteiger partial charge is 0.204 e. The number of nitrogens with zero attached hydrogens (tertiary/aromatic N) is 2. The summed E-state index contributed by atoms with van der Waals surface area (Å²) in [5, 5.41) is 5.37. The molecule has 1 heterocycles. The minimum Gasteiger partial charge on any atom is -0.490 e. The number of para-hydroxylation sites is 1. The zero-order chi connectivity index (χ0) is 13.8. The lowest BCUT2D eigenvalue weighted by molar-refractivity contribution is 0.415. The number of hydrogen-bond acceptors (Lipinski definition) is 5. The van der Waals surface area contributed by atoms with Crippen LogP contribution < -0.4 is 15.4 Å². The van der Waals surface area contributed by atoms with E-state index in [2.05, 4.69) is 20.6 Å². The molecule has 0 saturated carbocycles. The average molecular weight is 266 g/mol. The van der Waals surface area contributed by atoms with Gasteiger partial charge < -0.3 is 15.4 Å². The number of hydrogen-bond donors (Lipinski definition) is 2. The fraction of sp³-hybridized carbons (Fsp3) is 0.167. The van der Waals surface area contributed by atoms with Crippen molar-refractivity contribution in [2.24, 2.45) is 0 Å². The van der Waals surface area contributed by atoms with Crippen molar-refractivity contribution in [3.05, 3.63) is 36.2 Å². The highest BCUT2D eigenvalue weighted by atomic mass is 19.1. The molecular formula is C12H12F2N4O. The molecule has 2 N–H and O–H groups in total. The normalized spacial score (nSPS) is 10.1. The van der Waals surface area contributed by atoms with Crippen LogP contribution in [0.3, 0.4) is 0 Å². The Bertz CT molecular complexity index is 572. The van der Waals surface area contributed by atoms with Crippen LogP contribution in [0.25, 0.3) is 0 Å². The number of anilines is 3. The summed E-state index contributed by atoms with van der Waals surface area (Å²) in [6.45, 7) is 0. The summed E-state index contributed by atoms with van der Waals surface area (Å²) in [4.78, 5) is 7.86. The van der Waals surface area contributed by atoms with Gasteiger partial charge in [-0.3, -0.25) is 0 Å². The largest absolute Gasteiger partial charge is 0.490 e. The zero-order valence-electron chi connectivity index (χ0n) is 10.4. The number of aromatic nitrogens is 2. The Balaban J connectivity index is 2.44. The molecule has 0 bridgehead atoms. The van der Waals surface area contributed by atoms with Crippen molar-refractivity contribution in [3.63, 3.8) is 0 Å². The first-order valence-electron chi connectivity index (χ1n) is 5.45. The third-order valence-electron chi connectivity index (χ3n) is 2.45. The summed E-state index contributed by atoms with van der Waals surface area (Å²) in [7, 11) is 3.07. The molecule has 0 aliphatic carbocycles. The maximum atomic E-state index is 13.6. The summed E-state index contributed by atoms with van der Waals surface area (Å²) in [6, 6.07) is 3.59. The number of halogens is 2. The van der Waals surface area contributed by atoms with E-state index in [0.29, 0.717) is 5.82 Å². The summed E-state index contributed by atoms with van der Waals surface area (Å²) in [5.74, 6) is -0.575. The number of rotatable bonds is 4. The molecule has 0 aliphatic heterocycles. The van der Waals surface area contributed by atoms with Crippen molar-refractivity contribution < 1.29 is 13.5 Å². The van der Waals surface area contributed by atoms with E-state index in [1.807, 2.05) is 0 Å². The van der Waals surface area contributed by atoms with Crippen molar-refractivity contribution in [2.75, 3.05) is 24.8 Å². The van der Waals surface area contributed by atoms with Gasteiger partial charge in [0.25, 0.3) is 0 Å². The summed E-state index contributed by atoms with van der Waals surface area (Å²) in [6.07, 6.45) is 1.26. The lowest BCUT2D eigenvalue weighted by atomic mass is 10.3. The van der Waals surface area contributed by atoms with Crippen molar-refractivity contribution in [1.29, 1.82) is 0 Å². The molecule has 0 fully saturated rings. The second kappa shape index (κ2) is 5.47. The number of methoxy groups -OCH3 is 1. The second-order valence-corrected chi connectivity index (χ2v) is 3.58. The van der Waals surface area contributed by atoms with Crippen LogP contribution in [-0.2, 0) is 0 Å². The Hall–Kier alpha value is -2.44. The molecule has 0 spiro atoms. The van der Waals surface area contributed by atoms with Crippen molar-refractivity contribution >= 4 is 17.3 Å². The molecule has 7 heteroatoms. The molecule has 2 aromatic rings. The van der Waals surface area contributed by atoms with E-state index in [9.17, 15) is 8.78 Å². The van der Waals surface area contributed by atoms with E-state index in [1.165, 1.54) is 19.5 Å². The van der Waals surface area contributed by atoms with Gasteiger partial charge in [-0.2, -0.15) is 0 Å². The Kier molecular flexibility index (Phi) is 3.74. The van der Waals surface area contributed by atoms with E-state index in [-0.39, 0.29) is 17.3 Å². The third-order valence-corrected chi connectivity index (χ3v) is 2.45. The number of nitrogens with one attached hydrogen (secondary N) is 2. The molecule has 100 valence electrons. The Labute approximate surface area is 108 Å². The molecule has 0 amide bonds. The first kappa shape index (κ1) is 13.0. The van der Waals surface area contributed by atoms with Crippen molar-refractivity contribution in [3.8, 4) is 5.75 Å². The van der Waals surface area contributed by atoms with Gasteiger partial charge in [0.05, 0.1) is 7.11 Å². The molecule has 0 saturated heterocycles. The lowest BCUT2D eigenvalue weighted by Gasteiger charge is -2.13. The summed E-state index contributed by atoms with van der Waals surface area (Å²) < 4.78 is 32.2. The molecule has 0 radical (unpaired) electrons. The van der Waals surface area contributed by atoms with Crippen LogP contribution in [0.2, 0.25) is 0 Å². The second-order valence-electron chi connectivity index (χ2n) is 3.58. The van der Waals surface area contributed by atoms with Gasteiger partial charge in [0.15, 0.2) is 11.6 Å². The van der Waals surface area contributed by atoms with E-state index < -0.39 is 11.6 Å². The van der Waals surface area contributed by atoms with Crippen LogP contribution in [0.5, 0.6) is 5.75 Å². The van der Waals surface area contributed by atoms with E-state index in [4.69, 9.17) is 4.74 Å². The van der Waals surface area contributed by atoms with Crippen molar-refractivity contribution in [2.45, 2.75) is 0 Å². The zero-order valence-corrected chi connectivity index (χ0v) is 10.4. The van der Waals surface area contributed by atoms with Gasteiger partial charge in [-0.05, 0) is 12.1 Å². The molecule has 1 aromatic carbocycles. The highest BCUT2D eigenvalue weighted by molar-refractivity contribution is 5.69. The van der Waals surface area contributed by atoms with Gasteiger partial charge in [0.2, 0.25) is 5.75 Å². The monoisotopic (exact) mass is 266 g/mol. The van der Waals surface area contributed by atoms with E-state index >= 15 is 0 Å². The Morgan fingerprint density at radius 3 is 2.32 bits per heavy atom. The van der Waals surface area contributed by atoms with Gasteiger partial charge in [0, 0.05) is 7.05 Å². The Morgan fingerprint density at radius 1 is 1.11 bits per heavy atom. The summed E-state index contributed by atoms with van der Waals surface area (Å²) in [5.41, 5.74) is -0.290. The third kappa shape index (κ3) is 2.54. The van der Waals surface area contributed by atoms with E-state index in [0.717, 1.165) is 12.1 Å². The van der Waals surface area contributed by atoms with Crippen LogP contribution in [0.15, 0.2) is 24.5 Å². The molecule has 0 aliphatic rings. The van der Waals surface area contributed by atoms with Crippen LogP contribution >= 0.6 is 0 Å². The fourth-order valence-corrected chi connectivity index (χ4v) is 1.57.